The van der Waals surface area contributed by atoms with Gasteiger partial charge in [-0.1, -0.05) is 58.0 Å². The van der Waals surface area contributed by atoms with Gasteiger partial charge in [-0.2, -0.15) is 0 Å². The van der Waals surface area contributed by atoms with Gasteiger partial charge < -0.3 is 29.5 Å². The van der Waals surface area contributed by atoms with E-state index in [1.54, 1.807) is 60.2 Å². The summed E-state index contributed by atoms with van der Waals surface area (Å²) in [6.07, 6.45) is 0.865. The van der Waals surface area contributed by atoms with E-state index in [9.17, 15) is 24.3 Å². The standard InChI is InChI=1S/C40H59N3O8S/c1-25(2)31(23-26(3)36(46)47)42(11)35(45)32(40(9,10)52-24-27-15-19-29(49-13)20-16-27)41-34(44)33(43(12)37(48)51-38(4,5)6)39(7,8)28-17-21-30(50-14)22-18-28/h15-23,25,31-33H,24H2,1-14H3,(H,41,44)(H,46,47)/b26-23+/t31-,32-,33-/m1/s1. The van der Waals surface area contributed by atoms with Crippen LogP contribution in [0.15, 0.2) is 60.2 Å². The van der Waals surface area contributed by atoms with Gasteiger partial charge in [0.15, 0.2) is 0 Å². The Morgan fingerprint density at radius 2 is 1.35 bits per heavy atom. The minimum atomic E-state index is -1.13. The summed E-state index contributed by atoms with van der Waals surface area (Å²) in [5, 5.41) is 12.7. The minimum absolute atomic E-state index is 0.104. The number of nitrogens with one attached hydrogen (secondary N) is 1. The van der Waals surface area contributed by atoms with Crippen LogP contribution in [0.5, 0.6) is 11.5 Å². The predicted octanol–water partition coefficient (Wildman–Crippen LogP) is 6.93. The number of hydrogen-bond acceptors (Lipinski definition) is 8. The van der Waals surface area contributed by atoms with E-state index in [-0.39, 0.29) is 11.5 Å². The molecule has 0 aromatic heterocycles. The second kappa shape index (κ2) is 18.0. The summed E-state index contributed by atoms with van der Waals surface area (Å²) in [5.74, 6) is -0.316. The Hall–Kier alpha value is -4.19. The molecule has 0 aliphatic heterocycles. The molecule has 2 N–H and O–H groups in total. The van der Waals surface area contributed by atoms with E-state index in [1.165, 1.54) is 35.5 Å². The van der Waals surface area contributed by atoms with Crippen molar-refractivity contribution in [2.45, 2.75) is 109 Å². The molecule has 0 bridgehead atoms. The molecule has 2 aromatic rings. The van der Waals surface area contributed by atoms with Crippen LogP contribution in [0.4, 0.5) is 4.79 Å². The number of likely N-dealkylation sites (N-methyl/N-ethyl adjacent to an activating group) is 2. The van der Waals surface area contributed by atoms with Crippen molar-refractivity contribution in [3.8, 4) is 11.5 Å². The van der Waals surface area contributed by atoms with Crippen LogP contribution in [0.25, 0.3) is 0 Å². The first-order valence-corrected chi connectivity index (χ1v) is 18.3. The highest BCUT2D eigenvalue weighted by atomic mass is 32.2. The number of methoxy groups -OCH3 is 2. The molecule has 52 heavy (non-hydrogen) atoms. The molecule has 0 radical (unpaired) electrons. The summed E-state index contributed by atoms with van der Waals surface area (Å²) in [5.41, 5.74) is 0.0428. The summed E-state index contributed by atoms with van der Waals surface area (Å²) in [6.45, 7) is 18.1. The first-order valence-electron chi connectivity index (χ1n) is 17.3. The van der Waals surface area contributed by atoms with Gasteiger partial charge in [0, 0.05) is 35.6 Å². The van der Waals surface area contributed by atoms with Crippen LogP contribution < -0.4 is 14.8 Å². The number of amides is 3. The number of hydrogen-bond donors (Lipinski definition) is 2. The molecule has 0 saturated carbocycles. The molecule has 0 spiro atoms. The molecule has 3 atom stereocenters. The molecular weight excluding hydrogens is 683 g/mol. The van der Waals surface area contributed by atoms with Crippen LogP contribution in [0.3, 0.4) is 0 Å². The fourth-order valence-corrected chi connectivity index (χ4v) is 6.92. The van der Waals surface area contributed by atoms with Gasteiger partial charge in [0.1, 0.15) is 29.2 Å². The van der Waals surface area contributed by atoms with Gasteiger partial charge in [-0.15, -0.1) is 11.8 Å². The molecule has 2 rings (SSSR count). The lowest BCUT2D eigenvalue weighted by atomic mass is 9.76. The highest BCUT2D eigenvalue weighted by molar-refractivity contribution is 7.99. The Morgan fingerprint density at radius 3 is 1.79 bits per heavy atom. The van der Waals surface area contributed by atoms with Gasteiger partial charge in [-0.3, -0.25) is 14.5 Å². The first-order chi connectivity index (χ1) is 24.0. The lowest BCUT2D eigenvalue weighted by Crippen LogP contribution is -2.64. The number of thioether (sulfide) groups is 1. The maximum absolute atomic E-state index is 14.8. The van der Waals surface area contributed by atoms with Crippen LogP contribution in [0.2, 0.25) is 0 Å². The topological polar surface area (TPSA) is 135 Å². The van der Waals surface area contributed by atoms with Gasteiger partial charge in [-0.05, 0) is 82.9 Å². The van der Waals surface area contributed by atoms with Crippen LogP contribution >= 0.6 is 11.8 Å². The average molecular weight is 742 g/mol. The first kappa shape index (κ1) is 44.0. The van der Waals surface area contributed by atoms with E-state index in [0.29, 0.717) is 11.5 Å². The number of carbonyl (C=O) groups excluding carboxylic acids is 3. The molecule has 0 aliphatic carbocycles. The van der Waals surface area contributed by atoms with E-state index < -0.39 is 57.8 Å². The number of benzene rings is 2. The molecular formula is C40H59N3O8S. The van der Waals surface area contributed by atoms with Gasteiger partial charge in [0.05, 0.1) is 20.3 Å². The van der Waals surface area contributed by atoms with E-state index >= 15 is 0 Å². The largest absolute Gasteiger partial charge is 0.497 e. The Bertz CT molecular complexity index is 1560. The normalized spacial score (nSPS) is 14.2. The summed E-state index contributed by atoms with van der Waals surface area (Å²) >= 11 is 1.49. The maximum atomic E-state index is 14.8. The highest BCUT2D eigenvalue weighted by Gasteiger charge is 2.47. The van der Waals surface area contributed by atoms with Crippen molar-refractivity contribution < 1.29 is 38.5 Å². The van der Waals surface area contributed by atoms with Crippen LogP contribution in [0, 0.1) is 5.92 Å². The molecule has 12 heteroatoms. The smallest absolute Gasteiger partial charge is 0.410 e. The van der Waals surface area contributed by atoms with Crippen molar-refractivity contribution in [1.82, 2.24) is 15.1 Å². The lowest BCUT2D eigenvalue weighted by Gasteiger charge is -2.43. The van der Waals surface area contributed by atoms with Crippen molar-refractivity contribution in [3.05, 3.63) is 71.3 Å². The molecule has 288 valence electrons. The Balaban J connectivity index is 2.70. The van der Waals surface area contributed by atoms with Crippen molar-refractivity contribution in [3.63, 3.8) is 0 Å². The van der Waals surface area contributed by atoms with Crippen LogP contribution in [-0.4, -0.2) is 95.6 Å². The monoisotopic (exact) mass is 741 g/mol. The number of carboxylic acids is 1. The summed E-state index contributed by atoms with van der Waals surface area (Å²) in [6, 6.07) is 12.1. The van der Waals surface area contributed by atoms with Crippen molar-refractivity contribution in [2.24, 2.45) is 5.92 Å². The summed E-state index contributed by atoms with van der Waals surface area (Å²) < 4.78 is 15.5. The van der Waals surface area contributed by atoms with Gasteiger partial charge >= 0.3 is 12.1 Å². The molecule has 0 aliphatic rings. The SMILES string of the molecule is COc1ccc(CSC(C)(C)[C@H](NC(=O)[C@@H](N(C)C(=O)OC(C)(C)C)C(C)(C)c2ccc(OC)cc2)C(=O)N(C)[C@H](/C=C(\C)C(=O)O)C(C)C)cc1. The fourth-order valence-electron chi connectivity index (χ4n) is 5.86. The van der Waals surface area contributed by atoms with Crippen LogP contribution in [0.1, 0.15) is 80.4 Å². The predicted molar refractivity (Wildman–Crippen MR) is 207 cm³/mol. The number of nitrogens with zero attached hydrogens (tertiary/aromatic N) is 2. The summed E-state index contributed by atoms with van der Waals surface area (Å²) in [4.78, 5) is 57.7. The molecule has 0 fully saturated rings. The Morgan fingerprint density at radius 1 is 0.846 bits per heavy atom. The van der Waals surface area contributed by atoms with E-state index in [0.717, 1.165) is 16.9 Å². The minimum Gasteiger partial charge on any atom is -0.497 e. The lowest BCUT2D eigenvalue weighted by molar-refractivity contribution is -0.139. The molecule has 11 nitrogen and oxygen atoms in total. The van der Waals surface area contributed by atoms with Crippen molar-refractivity contribution >= 4 is 35.6 Å². The van der Waals surface area contributed by atoms with Gasteiger partial charge in [0.2, 0.25) is 11.8 Å². The van der Waals surface area contributed by atoms with Crippen molar-refractivity contribution in [2.75, 3.05) is 28.3 Å². The van der Waals surface area contributed by atoms with Gasteiger partial charge in [-0.25, -0.2) is 9.59 Å². The molecule has 3 amide bonds. The van der Waals surface area contributed by atoms with Gasteiger partial charge in [0.25, 0.3) is 0 Å². The second-order valence-electron chi connectivity index (χ2n) is 15.5. The zero-order valence-electron chi connectivity index (χ0n) is 33.3. The molecule has 0 unspecified atom stereocenters. The molecule has 0 heterocycles. The molecule has 0 saturated heterocycles. The third-order valence-corrected chi connectivity index (χ3v) is 10.5. The Kier molecular flexibility index (Phi) is 15.2. The highest BCUT2D eigenvalue weighted by Crippen LogP contribution is 2.36. The van der Waals surface area contributed by atoms with Crippen molar-refractivity contribution in [1.29, 1.82) is 0 Å². The maximum Gasteiger partial charge on any atom is 0.410 e. The average Bonchev–Trinajstić information content (AvgIpc) is 3.07. The number of carboxylic acid groups (broad SMARTS) is 1. The number of rotatable bonds is 16. The van der Waals surface area contributed by atoms with E-state index in [2.05, 4.69) is 5.32 Å². The van der Waals surface area contributed by atoms with Crippen LogP contribution in [-0.2, 0) is 30.3 Å². The third kappa shape index (κ3) is 11.7. The Labute approximate surface area is 314 Å². The quantitative estimate of drug-likeness (QED) is 0.176. The summed E-state index contributed by atoms with van der Waals surface area (Å²) in [7, 11) is 6.30. The number of ether oxygens (including phenoxy) is 3. The zero-order valence-corrected chi connectivity index (χ0v) is 34.1. The second-order valence-corrected chi connectivity index (χ2v) is 17.1. The third-order valence-electron chi connectivity index (χ3n) is 9.07. The van der Waals surface area contributed by atoms with E-state index in [1.807, 2.05) is 77.9 Å². The van der Waals surface area contributed by atoms with E-state index in [4.69, 9.17) is 14.2 Å². The number of aliphatic carboxylic acids is 1. The zero-order chi connectivity index (χ0) is 39.8. The number of carbonyl (C=O) groups is 4. The molecule has 2 aromatic carbocycles. The fraction of sp³-hybridized carbons (Fsp3) is 0.550.